The van der Waals surface area contributed by atoms with Crippen molar-refractivity contribution in [2.45, 2.75) is 6.61 Å². The molecule has 0 fully saturated rings. The minimum atomic E-state index is -0.0232. The molecule has 2 aromatic heterocycles. The van der Waals surface area contributed by atoms with Crippen molar-refractivity contribution in [3.05, 3.63) is 30.2 Å². The Morgan fingerprint density at radius 2 is 2.33 bits per heavy atom. The number of aromatic nitrogens is 2. The highest BCUT2D eigenvalue weighted by Gasteiger charge is 2.00. The van der Waals surface area contributed by atoms with Crippen LogP contribution >= 0.6 is 0 Å². The van der Waals surface area contributed by atoms with Crippen LogP contribution in [0.2, 0.25) is 0 Å². The van der Waals surface area contributed by atoms with E-state index in [4.69, 9.17) is 10.8 Å². The molecule has 2 heterocycles. The number of nitrogen functional groups attached to an aromatic ring is 1. The number of aliphatic hydroxyl groups excluding tert-OH is 1. The minimum Gasteiger partial charge on any atom is -0.398 e. The van der Waals surface area contributed by atoms with E-state index in [2.05, 4.69) is 4.98 Å². The zero-order chi connectivity index (χ0) is 8.55. The number of pyridine rings is 1. The van der Waals surface area contributed by atoms with Crippen molar-refractivity contribution < 1.29 is 5.11 Å². The Morgan fingerprint density at radius 3 is 3.08 bits per heavy atom. The first-order valence-corrected chi connectivity index (χ1v) is 3.63. The van der Waals surface area contributed by atoms with Crippen LogP contribution in [-0.4, -0.2) is 14.5 Å². The van der Waals surface area contributed by atoms with Crippen molar-refractivity contribution in [2.75, 3.05) is 5.73 Å². The summed E-state index contributed by atoms with van der Waals surface area (Å²) in [5, 5.41) is 8.91. The lowest BCUT2D eigenvalue weighted by molar-refractivity contribution is 0.276. The summed E-state index contributed by atoms with van der Waals surface area (Å²) in [4.78, 5) is 4.08. The second-order valence-electron chi connectivity index (χ2n) is 2.60. The van der Waals surface area contributed by atoms with Gasteiger partial charge in [-0.3, -0.25) is 4.40 Å². The molecule has 4 heteroatoms. The van der Waals surface area contributed by atoms with Gasteiger partial charge in [0.15, 0.2) is 0 Å². The molecular weight excluding hydrogens is 154 g/mol. The molecule has 0 aliphatic rings. The Balaban J connectivity index is 2.75. The van der Waals surface area contributed by atoms with E-state index in [1.165, 1.54) is 0 Å². The van der Waals surface area contributed by atoms with Crippen molar-refractivity contribution in [2.24, 2.45) is 0 Å². The van der Waals surface area contributed by atoms with Crippen LogP contribution in [0.4, 0.5) is 5.69 Å². The molecule has 0 saturated heterocycles. The molecule has 12 heavy (non-hydrogen) atoms. The number of imidazole rings is 1. The number of hydrogen-bond acceptors (Lipinski definition) is 3. The summed E-state index contributed by atoms with van der Waals surface area (Å²) in [6.45, 7) is -0.0232. The Bertz CT molecular complexity index is 408. The lowest BCUT2D eigenvalue weighted by Gasteiger charge is -1.98. The van der Waals surface area contributed by atoms with Gasteiger partial charge in [0.1, 0.15) is 5.65 Å². The molecule has 0 radical (unpaired) electrons. The zero-order valence-electron chi connectivity index (χ0n) is 6.44. The van der Waals surface area contributed by atoms with Crippen molar-refractivity contribution in [3.8, 4) is 0 Å². The van der Waals surface area contributed by atoms with Crippen LogP contribution in [0.5, 0.6) is 0 Å². The molecule has 62 valence electrons. The van der Waals surface area contributed by atoms with Gasteiger partial charge < -0.3 is 10.8 Å². The molecule has 0 amide bonds. The van der Waals surface area contributed by atoms with Gasteiger partial charge >= 0.3 is 0 Å². The van der Waals surface area contributed by atoms with Crippen molar-refractivity contribution >= 4 is 11.3 Å². The number of anilines is 1. The molecule has 0 aliphatic carbocycles. The SMILES string of the molecule is Nc1ccc2ncc(CO)n2c1. The van der Waals surface area contributed by atoms with Gasteiger partial charge in [0.25, 0.3) is 0 Å². The summed E-state index contributed by atoms with van der Waals surface area (Å²) in [7, 11) is 0. The van der Waals surface area contributed by atoms with Gasteiger partial charge in [0.05, 0.1) is 18.5 Å². The molecule has 2 aromatic rings. The lowest BCUT2D eigenvalue weighted by atomic mass is 10.4. The smallest absolute Gasteiger partial charge is 0.137 e. The average molecular weight is 163 g/mol. The van der Waals surface area contributed by atoms with Crippen molar-refractivity contribution in [3.63, 3.8) is 0 Å². The van der Waals surface area contributed by atoms with E-state index in [0.29, 0.717) is 5.69 Å². The first-order chi connectivity index (χ1) is 5.81. The quantitative estimate of drug-likeness (QED) is 0.640. The van der Waals surface area contributed by atoms with Gasteiger partial charge in [-0.25, -0.2) is 4.98 Å². The number of fused-ring (bicyclic) bond motifs is 1. The summed E-state index contributed by atoms with van der Waals surface area (Å²) in [6.07, 6.45) is 3.38. The Kier molecular flexibility index (Phi) is 1.48. The van der Waals surface area contributed by atoms with E-state index in [1.54, 1.807) is 22.9 Å². The normalized spacial score (nSPS) is 10.8. The number of aliphatic hydroxyl groups is 1. The Labute approximate surface area is 69.3 Å². The molecule has 0 saturated carbocycles. The van der Waals surface area contributed by atoms with Gasteiger partial charge in [-0.15, -0.1) is 0 Å². The standard InChI is InChI=1S/C8H9N3O/c9-6-1-2-8-10-3-7(5-12)11(8)4-6/h1-4,12H,5,9H2. The van der Waals surface area contributed by atoms with E-state index in [1.807, 2.05) is 6.07 Å². The highest BCUT2D eigenvalue weighted by atomic mass is 16.3. The fourth-order valence-electron chi connectivity index (χ4n) is 1.16. The van der Waals surface area contributed by atoms with E-state index in [9.17, 15) is 0 Å². The first kappa shape index (κ1) is 7.12. The van der Waals surface area contributed by atoms with Crippen LogP contribution in [-0.2, 0) is 6.61 Å². The van der Waals surface area contributed by atoms with E-state index >= 15 is 0 Å². The summed E-state index contributed by atoms with van der Waals surface area (Å²) >= 11 is 0. The van der Waals surface area contributed by atoms with E-state index < -0.39 is 0 Å². The second kappa shape index (κ2) is 2.49. The van der Waals surface area contributed by atoms with Crippen LogP contribution in [0.25, 0.3) is 5.65 Å². The zero-order valence-corrected chi connectivity index (χ0v) is 6.44. The third kappa shape index (κ3) is 0.931. The third-order valence-corrected chi connectivity index (χ3v) is 1.77. The predicted molar refractivity (Wildman–Crippen MR) is 45.5 cm³/mol. The third-order valence-electron chi connectivity index (χ3n) is 1.77. The second-order valence-corrected chi connectivity index (χ2v) is 2.60. The van der Waals surface area contributed by atoms with Crippen LogP contribution in [0, 0.1) is 0 Å². The molecule has 0 aromatic carbocycles. The monoisotopic (exact) mass is 163 g/mol. The van der Waals surface area contributed by atoms with Gasteiger partial charge in [0.2, 0.25) is 0 Å². The van der Waals surface area contributed by atoms with Crippen molar-refractivity contribution in [1.82, 2.24) is 9.38 Å². The average Bonchev–Trinajstić information content (AvgIpc) is 2.46. The topological polar surface area (TPSA) is 63.5 Å². The molecule has 4 nitrogen and oxygen atoms in total. The number of rotatable bonds is 1. The number of nitrogens with two attached hydrogens (primary N) is 1. The summed E-state index contributed by atoms with van der Waals surface area (Å²) in [6, 6.07) is 3.60. The fraction of sp³-hybridized carbons (Fsp3) is 0.125. The van der Waals surface area contributed by atoms with Gasteiger partial charge in [0, 0.05) is 11.9 Å². The minimum absolute atomic E-state index is 0.0232. The maximum absolute atomic E-state index is 8.91. The number of nitrogens with zero attached hydrogens (tertiary/aromatic N) is 2. The largest absolute Gasteiger partial charge is 0.398 e. The van der Waals surface area contributed by atoms with Gasteiger partial charge in [-0.05, 0) is 12.1 Å². The maximum Gasteiger partial charge on any atom is 0.137 e. The maximum atomic E-state index is 8.91. The predicted octanol–water partition coefficient (Wildman–Crippen LogP) is 0.409. The molecular formula is C8H9N3O. The van der Waals surface area contributed by atoms with Crippen LogP contribution < -0.4 is 5.73 Å². The highest BCUT2D eigenvalue weighted by molar-refractivity contribution is 5.48. The molecule has 0 aliphatic heterocycles. The Morgan fingerprint density at radius 1 is 1.50 bits per heavy atom. The Hall–Kier alpha value is -1.55. The highest BCUT2D eigenvalue weighted by Crippen LogP contribution is 2.09. The van der Waals surface area contributed by atoms with Gasteiger partial charge in [-0.1, -0.05) is 0 Å². The van der Waals surface area contributed by atoms with Gasteiger partial charge in [-0.2, -0.15) is 0 Å². The van der Waals surface area contributed by atoms with E-state index in [0.717, 1.165) is 11.3 Å². The summed E-state index contributed by atoms with van der Waals surface area (Å²) in [5.74, 6) is 0. The molecule has 0 atom stereocenters. The number of hydrogen-bond donors (Lipinski definition) is 2. The molecule has 0 spiro atoms. The van der Waals surface area contributed by atoms with Crippen LogP contribution in [0.1, 0.15) is 5.69 Å². The first-order valence-electron chi connectivity index (χ1n) is 3.63. The van der Waals surface area contributed by atoms with Crippen LogP contribution in [0.3, 0.4) is 0 Å². The molecule has 0 unspecified atom stereocenters. The molecule has 0 bridgehead atoms. The lowest BCUT2D eigenvalue weighted by Crippen LogP contribution is -1.94. The fourth-order valence-corrected chi connectivity index (χ4v) is 1.16. The van der Waals surface area contributed by atoms with E-state index in [-0.39, 0.29) is 6.61 Å². The molecule has 2 rings (SSSR count). The van der Waals surface area contributed by atoms with Crippen molar-refractivity contribution in [1.29, 1.82) is 0 Å². The summed E-state index contributed by atoms with van der Waals surface area (Å²) in [5.41, 5.74) is 7.79. The van der Waals surface area contributed by atoms with Crippen LogP contribution in [0.15, 0.2) is 24.5 Å². The summed E-state index contributed by atoms with van der Waals surface area (Å²) < 4.78 is 1.77. The molecule has 3 N–H and O–H groups in total.